The fraction of sp³-hybridized carbons (Fsp3) is 0.706. The Morgan fingerprint density at radius 1 is 1.27 bits per heavy atom. The van der Waals surface area contributed by atoms with E-state index in [4.69, 9.17) is 4.74 Å². The van der Waals surface area contributed by atoms with Crippen LogP contribution in [0, 0.1) is 12.8 Å². The summed E-state index contributed by atoms with van der Waals surface area (Å²) in [7, 11) is 0. The molecule has 1 aliphatic heterocycles. The van der Waals surface area contributed by atoms with Gasteiger partial charge in [0, 0.05) is 44.6 Å². The van der Waals surface area contributed by atoms with E-state index in [1.807, 2.05) is 11.8 Å². The average molecular weight is 303 g/mol. The van der Waals surface area contributed by atoms with E-state index in [0.29, 0.717) is 17.7 Å². The molecule has 1 aliphatic carbocycles. The average Bonchev–Trinajstić information content (AvgIpc) is 3.01. The van der Waals surface area contributed by atoms with Gasteiger partial charge in [-0.1, -0.05) is 12.8 Å². The summed E-state index contributed by atoms with van der Waals surface area (Å²) in [5, 5.41) is 0. The Balaban J connectivity index is 1.44. The number of likely N-dealkylation sites (tertiary alicyclic amines) is 1. The summed E-state index contributed by atoms with van der Waals surface area (Å²) in [5.74, 6) is 2.33. The number of hydrogen-bond acceptors (Lipinski definition) is 4. The van der Waals surface area contributed by atoms with E-state index in [9.17, 15) is 4.79 Å². The summed E-state index contributed by atoms with van der Waals surface area (Å²) in [4.78, 5) is 22.7. The van der Waals surface area contributed by atoms with Crippen molar-refractivity contribution >= 4 is 5.91 Å². The molecule has 0 bridgehead atoms. The minimum atomic E-state index is 0.157. The number of aromatic nitrogens is 2. The molecule has 1 saturated carbocycles. The monoisotopic (exact) mass is 303 g/mol. The quantitative estimate of drug-likeness (QED) is 0.858. The second-order valence-electron chi connectivity index (χ2n) is 6.49. The Morgan fingerprint density at radius 2 is 2.00 bits per heavy atom. The van der Waals surface area contributed by atoms with Gasteiger partial charge in [-0.05, 0) is 25.7 Å². The first kappa shape index (κ1) is 15.3. The van der Waals surface area contributed by atoms with Crippen molar-refractivity contribution in [2.75, 3.05) is 13.1 Å². The molecule has 0 unspecified atom stereocenters. The van der Waals surface area contributed by atoms with Gasteiger partial charge in [0.05, 0.1) is 0 Å². The van der Waals surface area contributed by atoms with E-state index in [2.05, 4.69) is 9.97 Å². The summed E-state index contributed by atoms with van der Waals surface area (Å²) < 4.78 is 5.91. The Bertz CT molecular complexity index is 506. The Labute approximate surface area is 132 Å². The van der Waals surface area contributed by atoms with Crippen LogP contribution in [0.5, 0.6) is 5.88 Å². The van der Waals surface area contributed by atoms with Gasteiger partial charge in [0.1, 0.15) is 11.9 Å². The lowest BCUT2D eigenvalue weighted by Gasteiger charge is -2.32. The third kappa shape index (κ3) is 3.96. The van der Waals surface area contributed by atoms with Crippen LogP contribution in [-0.2, 0) is 4.79 Å². The molecule has 1 aromatic heterocycles. The van der Waals surface area contributed by atoms with Crippen LogP contribution in [0.15, 0.2) is 12.3 Å². The SMILES string of the molecule is Cc1nccc(OC2CCN(C(=O)CC3CCCC3)CC2)n1. The van der Waals surface area contributed by atoms with Crippen molar-refractivity contribution in [2.24, 2.45) is 5.92 Å². The molecule has 2 heterocycles. The van der Waals surface area contributed by atoms with Crippen LogP contribution >= 0.6 is 0 Å². The van der Waals surface area contributed by atoms with Gasteiger partial charge in [0.15, 0.2) is 0 Å². The van der Waals surface area contributed by atoms with Crippen LogP contribution in [0.25, 0.3) is 0 Å². The summed E-state index contributed by atoms with van der Waals surface area (Å²) in [6, 6.07) is 1.80. The van der Waals surface area contributed by atoms with E-state index < -0.39 is 0 Å². The first-order valence-electron chi connectivity index (χ1n) is 8.45. The highest BCUT2D eigenvalue weighted by Gasteiger charge is 2.26. The predicted octanol–water partition coefficient (Wildman–Crippen LogP) is 2.74. The van der Waals surface area contributed by atoms with Gasteiger partial charge in [-0.2, -0.15) is 4.98 Å². The maximum Gasteiger partial charge on any atom is 0.222 e. The van der Waals surface area contributed by atoms with E-state index >= 15 is 0 Å². The zero-order chi connectivity index (χ0) is 15.4. The first-order chi connectivity index (χ1) is 10.7. The maximum atomic E-state index is 12.3. The highest BCUT2D eigenvalue weighted by Crippen LogP contribution is 2.28. The standard InChI is InChI=1S/C17H25N3O2/c1-13-18-9-6-16(19-13)22-15-7-10-20(11-8-15)17(21)12-14-4-2-3-5-14/h6,9,14-15H,2-5,7-8,10-12H2,1H3. The topological polar surface area (TPSA) is 55.3 Å². The lowest BCUT2D eigenvalue weighted by atomic mass is 10.0. The van der Waals surface area contributed by atoms with Gasteiger partial charge in [0.25, 0.3) is 0 Å². The number of piperidine rings is 1. The molecule has 22 heavy (non-hydrogen) atoms. The van der Waals surface area contributed by atoms with Crippen molar-refractivity contribution in [3.05, 3.63) is 18.1 Å². The molecule has 1 aromatic rings. The van der Waals surface area contributed by atoms with E-state index in [1.54, 1.807) is 12.3 Å². The normalized spacial score (nSPS) is 20.3. The number of nitrogens with zero attached hydrogens (tertiary/aromatic N) is 3. The molecule has 0 aromatic carbocycles. The summed E-state index contributed by atoms with van der Waals surface area (Å²) in [6.07, 6.45) is 9.47. The number of hydrogen-bond donors (Lipinski definition) is 0. The third-order valence-corrected chi connectivity index (χ3v) is 4.77. The molecule has 5 heteroatoms. The Kier molecular flexibility index (Phi) is 4.90. The van der Waals surface area contributed by atoms with E-state index in [-0.39, 0.29) is 6.10 Å². The number of carbonyl (C=O) groups is 1. The lowest BCUT2D eigenvalue weighted by molar-refractivity contribution is -0.134. The van der Waals surface area contributed by atoms with Gasteiger partial charge in [-0.15, -0.1) is 0 Å². The number of ether oxygens (including phenoxy) is 1. The number of rotatable bonds is 4. The lowest BCUT2D eigenvalue weighted by Crippen LogP contribution is -2.42. The molecule has 5 nitrogen and oxygen atoms in total. The minimum Gasteiger partial charge on any atom is -0.474 e. The second kappa shape index (κ2) is 7.07. The first-order valence-corrected chi connectivity index (χ1v) is 8.45. The zero-order valence-corrected chi connectivity index (χ0v) is 13.3. The molecular weight excluding hydrogens is 278 g/mol. The third-order valence-electron chi connectivity index (χ3n) is 4.77. The van der Waals surface area contributed by atoms with Crippen molar-refractivity contribution in [3.63, 3.8) is 0 Å². The van der Waals surface area contributed by atoms with Crippen molar-refractivity contribution in [2.45, 2.75) is 58.0 Å². The molecule has 2 fully saturated rings. The van der Waals surface area contributed by atoms with E-state index in [0.717, 1.165) is 38.2 Å². The molecule has 1 amide bonds. The Hall–Kier alpha value is -1.65. The molecular formula is C17H25N3O2. The van der Waals surface area contributed by atoms with Crippen molar-refractivity contribution in [1.82, 2.24) is 14.9 Å². The van der Waals surface area contributed by atoms with E-state index in [1.165, 1.54) is 25.7 Å². The highest BCUT2D eigenvalue weighted by atomic mass is 16.5. The van der Waals surface area contributed by atoms with Gasteiger partial charge in [0.2, 0.25) is 11.8 Å². The fourth-order valence-electron chi connectivity index (χ4n) is 3.48. The van der Waals surface area contributed by atoms with Crippen molar-refractivity contribution in [3.8, 4) is 5.88 Å². The number of carbonyl (C=O) groups excluding carboxylic acids is 1. The molecule has 3 rings (SSSR count). The number of amides is 1. The van der Waals surface area contributed by atoms with Gasteiger partial charge in [-0.25, -0.2) is 4.98 Å². The van der Waals surface area contributed by atoms with Crippen LogP contribution in [0.1, 0.15) is 50.8 Å². The predicted molar refractivity (Wildman–Crippen MR) is 83.6 cm³/mol. The van der Waals surface area contributed by atoms with Crippen LogP contribution < -0.4 is 4.74 Å². The van der Waals surface area contributed by atoms with Gasteiger partial charge < -0.3 is 9.64 Å². The van der Waals surface area contributed by atoms with Gasteiger partial charge >= 0.3 is 0 Å². The molecule has 0 spiro atoms. The molecule has 120 valence electrons. The molecule has 1 saturated heterocycles. The largest absolute Gasteiger partial charge is 0.474 e. The molecule has 0 radical (unpaired) electrons. The van der Waals surface area contributed by atoms with Crippen LogP contribution in [0.4, 0.5) is 0 Å². The van der Waals surface area contributed by atoms with Gasteiger partial charge in [-0.3, -0.25) is 4.79 Å². The van der Waals surface area contributed by atoms with Crippen LogP contribution in [0.3, 0.4) is 0 Å². The second-order valence-corrected chi connectivity index (χ2v) is 6.49. The maximum absolute atomic E-state index is 12.3. The number of aryl methyl sites for hydroxylation is 1. The van der Waals surface area contributed by atoms with Crippen molar-refractivity contribution < 1.29 is 9.53 Å². The Morgan fingerprint density at radius 3 is 2.68 bits per heavy atom. The van der Waals surface area contributed by atoms with Crippen LogP contribution in [0.2, 0.25) is 0 Å². The summed E-state index contributed by atoms with van der Waals surface area (Å²) in [6.45, 7) is 3.47. The molecule has 2 aliphatic rings. The summed E-state index contributed by atoms with van der Waals surface area (Å²) >= 11 is 0. The molecule has 0 atom stereocenters. The minimum absolute atomic E-state index is 0.157. The molecule has 0 N–H and O–H groups in total. The summed E-state index contributed by atoms with van der Waals surface area (Å²) in [5.41, 5.74) is 0. The zero-order valence-electron chi connectivity index (χ0n) is 13.3. The van der Waals surface area contributed by atoms with Crippen molar-refractivity contribution in [1.29, 1.82) is 0 Å². The van der Waals surface area contributed by atoms with Crippen LogP contribution in [-0.4, -0.2) is 40.0 Å². The highest BCUT2D eigenvalue weighted by molar-refractivity contribution is 5.76. The smallest absolute Gasteiger partial charge is 0.222 e. The fourth-order valence-corrected chi connectivity index (χ4v) is 3.48.